The Balaban J connectivity index is 0.995. The third kappa shape index (κ3) is 11.4. The van der Waals surface area contributed by atoms with Crippen LogP contribution < -0.4 is 4.74 Å². The number of ketones is 1. The zero-order chi connectivity index (χ0) is 34.8. The van der Waals surface area contributed by atoms with E-state index in [-0.39, 0.29) is 11.5 Å². The van der Waals surface area contributed by atoms with E-state index in [0.29, 0.717) is 82.9 Å². The summed E-state index contributed by atoms with van der Waals surface area (Å²) in [6, 6.07) is 38.9. The minimum absolute atomic E-state index is 0.0432. The van der Waals surface area contributed by atoms with E-state index in [4.69, 9.17) is 28.4 Å². The van der Waals surface area contributed by atoms with Gasteiger partial charge in [0.25, 0.3) is 0 Å². The summed E-state index contributed by atoms with van der Waals surface area (Å²) in [4.78, 5) is 13.1. The quantitative estimate of drug-likeness (QED) is 0.0624. The molecule has 0 fully saturated rings. The Labute approximate surface area is 294 Å². The standard InChI is InChI=1S/C42H44O8/c1-45-22-23-46-24-25-47-26-27-48-28-29-49-30-31-50-41-20-16-39(17-21-41)42(44)38-12-10-36(11-13-38)34-4-2-32(3-5-34)33-6-8-35(9-7-33)37-14-18-40(43)19-15-37/h2-21,43H,22-31H2,1H3. The molecule has 0 aliphatic carbocycles. The second-order valence-electron chi connectivity index (χ2n) is 11.4. The molecule has 0 aromatic heterocycles. The lowest BCUT2D eigenvalue weighted by atomic mass is 9.96. The number of phenols is 1. The predicted molar refractivity (Wildman–Crippen MR) is 195 cm³/mol. The topological polar surface area (TPSA) is 92.7 Å². The second kappa shape index (κ2) is 20.0. The zero-order valence-electron chi connectivity index (χ0n) is 28.4. The molecule has 0 bridgehead atoms. The number of aromatic hydroxyl groups is 1. The second-order valence-corrected chi connectivity index (χ2v) is 11.4. The van der Waals surface area contributed by atoms with Crippen molar-refractivity contribution in [3.8, 4) is 44.9 Å². The Morgan fingerprint density at radius 2 is 0.720 bits per heavy atom. The highest BCUT2D eigenvalue weighted by Crippen LogP contribution is 2.28. The molecule has 0 saturated heterocycles. The van der Waals surface area contributed by atoms with Gasteiger partial charge in [0.1, 0.15) is 18.1 Å². The van der Waals surface area contributed by atoms with Crippen molar-refractivity contribution in [1.82, 2.24) is 0 Å². The maximum absolute atomic E-state index is 13.1. The van der Waals surface area contributed by atoms with Gasteiger partial charge in [-0.15, -0.1) is 0 Å². The molecular formula is C42H44O8. The van der Waals surface area contributed by atoms with Crippen molar-refractivity contribution in [3.05, 3.63) is 132 Å². The Hall–Kier alpha value is -4.83. The summed E-state index contributed by atoms with van der Waals surface area (Å²) in [6.45, 7) is 5.02. The third-order valence-corrected chi connectivity index (χ3v) is 7.94. The van der Waals surface area contributed by atoms with Crippen LogP contribution in [0, 0.1) is 0 Å². The van der Waals surface area contributed by atoms with Gasteiger partial charge in [0, 0.05) is 18.2 Å². The Morgan fingerprint density at radius 1 is 0.420 bits per heavy atom. The van der Waals surface area contributed by atoms with Crippen LogP contribution in [0.3, 0.4) is 0 Å². The summed E-state index contributed by atoms with van der Waals surface area (Å²) in [6.07, 6.45) is 0. The van der Waals surface area contributed by atoms with Gasteiger partial charge in [0.15, 0.2) is 5.78 Å². The van der Waals surface area contributed by atoms with Crippen LogP contribution in [-0.4, -0.2) is 84.1 Å². The average molecular weight is 677 g/mol. The lowest BCUT2D eigenvalue weighted by Gasteiger charge is -2.09. The largest absolute Gasteiger partial charge is 0.508 e. The first-order chi connectivity index (χ1) is 24.6. The van der Waals surface area contributed by atoms with Gasteiger partial charge in [-0.05, 0) is 69.8 Å². The van der Waals surface area contributed by atoms with E-state index in [2.05, 4.69) is 48.5 Å². The van der Waals surface area contributed by atoms with Gasteiger partial charge in [-0.25, -0.2) is 0 Å². The molecule has 260 valence electrons. The molecule has 8 heteroatoms. The van der Waals surface area contributed by atoms with Crippen molar-refractivity contribution in [2.75, 3.05) is 73.2 Å². The van der Waals surface area contributed by atoms with Crippen LogP contribution >= 0.6 is 0 Å². The molecule has 0 radical (unpaired) electrons. The molecule has 5 aromatic rings. The van der Waals surface area contributed by atoms with Gasteiger partial charge in [0.2, 0.25) is 0 Å². The molecule has 0 heterocycles. The highest BCUT2D eigenvalue weighted by atomic mass is 16.6. The number of rotatable bonds is 21. The molecular weight excluding hydrogens is 632 g/mol. The van der Waals surface area contributed by atoms with E-state index in [9.17, 15) is 9.90 Å². The monoisotopic (exact) mass is 676 g/mol. The minimum atomic E-state index is -0.0432. The molecule has 5 aromatic carbocycles. The van der Waals surface area contributed by atoms with E-state index >= 15 is 0 Å². The maximum atomic E-state index is 13.1. The van der Waals surface area contributed by atoms with Gasteiger partial charge in [-0.2, -0.15) is 0 Å². The van der Waals surface area contributed by atoms with Crippen LogP contribution in [0.25, 0.3) is 33.4 Å². The highest BCUT2D eigenvalue weighted by Gasteiger charge is 2.10. The smallest absolute Gasteiger partial charge is 0.193 e. The minimum Gasteiger partial charge on any atom is -0.508 e. The number of carbonyl (C=O) groups excluding carboxylic acids is 1. The number of hydrogen-bond acceptors (Lipinski definition) is 8. The van der Waals surface area contributed by atoms with Crippen LogP contribution in [0.5, 0.6) is 11.5 Å². The summed E-state index contributed by atoms with van der Waals surface area (Å²) in [5.74, 6) is 0.894. The van der Waals surface area contributed by atoms with E-state index < -0.39 is 0 Å². The Morgan fingerprint density at radius 3 is 1.10 bits per heavy atom. The van der Waals surface area contributed by atoms with E-state index in [1.54, 1.807) is 43.5 Å². The molecule has 0 unspecified atom stereocenters. The Bertz CT molecular complexity index is 1700. The molecule has 5 rings (SSSR count). The van der Waals surface area contributed by atoms with Gasteiger partial charge >= 0.3 is 0 Å². The van der Waals surface area contributed by atoms with E-state index in [1.165, 1.54) is 0 Å². The Kier molecular flexibility index (Phi) is 14.6. The fourth-order valence-corrected chi connectivity index (χ4v) is 5.17. The normalized spacial score (nSPS) is 11.1. The molecule has 0 aliphatic heterocycles. The fourth-order valence-electron chi connectivity index (χ4n) is 5.17. The summed E-state index contributed by atoms with van der Waals surface area (Å²) < 4.78 is 32.5. The molecule has 0 atom stereocenters. The number of carbonyl (C=O) groups is 1. The van der Waals surface area contributed by atoms with Crippen molar-refractivity contribution >= 4 is 5.78 Å². The molecule has 0 amide bonds. The lowest BCUT2D eigenvalue weighted by Crippen LogP contribution is -2.14. The molecule has 1 N–H and O–H groups in total. The summed E-state index contributed by atoms with van der Waals surface area (Å²) in [5.41, 5.74) is 7.74. The van der Waals surface area contributed by atoms with Crippen LogP contribution in [0.1, 0.15) is 15.9 Å². The number of methoxy groups -OCH3 is 1. The van der Waals surface area contributed by atoms with Crippen molar-refractivity contribution < 1.29 is 38.3 Å². The van der Waals surface area contributed by atoms with Crippen LogP contribution in [0.4, 0.5) is 0 Å². The third-order valence-electron chi connectivity index (χ3n) is 7.94. The summed E-state index contributed by atoms with van der Waals surface area (Å²) in [5, 5.41) is 9.54. The number of ether oxygens (including phenoxy) is 6. The molecule has 50 heavy (non-hydrogen) atoms. The predicted octanol–water partition coefficient (Wildman–Crippen LogP) is 7.72. The lowest BCUT2D eigenvalue weighted by molar-refractivity contribution is -0.00978. The SMILES string of the molecule is COCCOCCOCCOCCOCCOc1ccc(C(=O)c2ccc(-c3ccc(-c4ccc(-c5ccc(O)cc5)cc4)cc3)cc2)cc1. The molecule has 0 saturated carbocycles. The number of benzene rings is 5. The number of phenolic OH excluding ortho intramolecular Hbond substituents is 1. The molecule has 0 spiro atoms. The number of hydrogen-bond donors (Lipinski definition) is 1. The van der Waals surface area contributed by atoms with E-state index in [1.807, 2.05) is 36.4 Å². The average Bonchev–Trinajstić information content (AvgIpc) is 3.17. The first kappa shape index (κ1) is 36.5. The van der Waals surface area contributed by atoms with Gasteiger partial charge in [-0.3, -0.25) is 4.79 Å². The molecule has 8 nitrogen and oxygen atoms in total. The first-order valence-corrected chi connectivity index (χ1v) is 16.8. The first-order valence-electron chi connectivity index (χ1n) is 16.8. The van der Waals surface area contributed by atoms with Crippen molar-refractivity contribution in [2.45, 2.75) is 0 Å². The van der Waals surface area contributed by atoms with Crippen molar-refractivity contribution in [3.63, 3.8) is 0 Å². The maximum Gasteiger partial charge on any atom is 0.193 e. The van der Waals surface area contributed by atoms with Gasteiger partial charge in [0.05, 0.1) is 59.5 Å². The van der Waals surface area contributed by atoms with Crippen LogP contribution in [0.2, 0.25) is 0 Å². The van der Waals surface area contributed by atoms with Crippen LogP contribution in [-0.2, 0) is 23.7 Å². The summed E-state index contributed by atoms with van der Waals surface area (Å²) >= 11 is 0. The van der Waals surface area contributed by atoms with Crippen molar-refractivity contribution in [2.24, 2.45) is 0 Å². The van der Waals surface area contributed by atoms with Gasteiger partial charge in [-0.1, -0.05) is 84.9 Å². The van der Waals surface area contributed by atoms with Crippen LogP contribution in [0.15, 0.2) is 121 Å². The summed E-state index contributed by atoms with van der Waals surface area (Å²) in [7, 11) is 1.64. The fraction of sp³-hybridized carbons (Fsp3) is 0.262. The van der Waals surface area contributed by atoms with Gasteiger partial charge < -0.3 is 33.5 Å². The van der Waals surface area contributed by atoms with E-state index in [0.717, 1.165) is 33.4 Å². The zero-order valence-corrected chi connectivity index (χ0v) is 28.4. The highest BCUT2D eigenvalue weighted by molar-refractivity contribution is 6.09. The molecule has 0 aliphatic rings. The van der Waals surface area contributed by atoms with Crippen molar-refractivity contribution in [1.29, 1.82) is 0 Å².